The van der Waals surface area contributed by atoms with Crippen LogP contribution in [-0.4, -0.2) is 72.6 Å². The van der Waals surface area contributed by atoms with Gasteiger partial charge in [-0.2, -0.15) is 0 Å². The number of aromatic nitrogens is 1. The van der Waals surface area contributed by atoms with Crippen LogP contribution in [0.2, 0.25) is 0 Å². The average molecular weight is 367 g/mol. The van der Waals surface area contributed by atoms with Gasteiger partial charge in [0.1, 0.15) is 0 Å². The highest BCUT2D eigenvalue weighted by atomic mass is 32.1. The molecule has 1 fully saturated rings. The molecule has 0 radical (unpaired) electrons. The normalized spacial score (nSPS) is 18.4. The van der Waals surface area contributed by atoms with E-state index < -0.39 is 0 Å². The van der Waals surface area contributed by atoms with Crippen LogP contribution < -0.4 is 10.6 Å². The summed E-state index contributed by atoms with van der Waals surface area (Å²) in [5.41, 5.74) is 1.10. The van der Waals surface area contributed by atoms with E-state index >= 15 is 0 Å². The molecule has 1 aromatic heterocycles. The third kappa shape index (κ3) is 6.24. The molecule has 142 valence electrons. The zero-order valence-electron chi connectivity index (χ0n) is 16.4. The summed E-state index contributed by atoms with van der Waals surface area (Å²) < 4.78 is 0. The smallest absolute Gasteiger partial charge is 0.191 e. The molecule has 1 aliphatic rings. The van der Waals surface area contributed by atoms with Crippen LogP contribution in [0.1, 0.15) is 36.3 Å². The first-order valence-corrected chi connectivity index (χ1v) is 10.3. The highest BCUT2D eigenvalue weighted by Crippen LogP contribution is 2.17. The molecule has 0 spiro atoms. The molecule has 2 heterocycles. The van der Waals surface area contributed by atoms with Gasteiger partial charge in [0.25, 0.3) is 0 Å². The number of nitrogens with one attached hydrogen (secondary N) is 2. The molecule has 2 N–H and O–H groups in total. The lowest BCUT2D eigenvalue weighted by Gasteiger charge is -2.37. The first kappa shape index (κ1) is 20.1. The molecular formula is C18H34N6S. The van der Waals surface area contributed by atoms with E-state index in [4.69, 9.17) is 4.99 Å². The molecule has 0 aromatic carbocycles. The summed E-state index contributed by atoms with van der Waals surface area (Å²) in [6.07, 6.45) is 0. The Morgan fingerprint density at radius 2 is 1.92 bits per heavy atom. The number of aryl methyl sites for hydroxylation is 2. The van der Waals surface area contributed by atoms with Gasteiger partial charge in [-0.25, -0.2) is 9.98 Å². The van der Waals surface area contributed by atoms with E-state index in [2.05, 4.69) is 53.1 Å². The monoisotopic (exact) mass is 366 g/mol. The minimum absolute atomic E-state index is 0.509. The van der Waals surface area contributed by atoms with Crippen molar-refractivity contribution in [2.75, 3.05) is 45.8 Å². The summed E-state index contributed by atoms with van der Waals surface area (Å²) in [5, 5.41) is 7.97. The van der Waals surface area contributed by atoms with E-state index in [9.17, 15) is 0 Å². The van der Waals surface area contributed by atoms with Crippen molar-refractivity contribution < 1.29 is 0 Å². The van der Waals surface area contributed by atoms with Gasteiger partial charge in [0.15, 0.2) is 5.96 Å². The van der Waals surface area contributed by atoms with E-state index in [1.807, 2.05) is 6.92 Å². The number of hydrogen-bond donors (Lipinski definition) is 2. The van der Waals surface area contributed by atoms with Crippen LogP contribution in [0, 0.1) is 13.8 Å². The van der Waals surface area contributed by atoms with E-state index in [0.717, 1.165) is 49.4 Å². The Morgan fingerprint density at radius 1 is 1.20 bits per heavy atom. The van der Waals surface area contributed by atoms with Crippen LogP contribution in [0.4, 0.5) is 0 Å². The van der Waals surface area contributed by atoms with Gasteiger partial charge in [-0.05, 0) is 34.2 Å². The lowest BCUT2D eigenvalue weighted by molar-refractivity contribution is 0.107. The second-order valence-electron chi connectivity index (χ2n) is 6.64. The molecule has 0 saturated carbocycles. The molecule has 2 rings (SSSR count). The number of aliphatic imine (C=N–C) groups is 1. The standard InChI is InChI=1S/C18H34N6S/c1-6-19-18(21-13-17-15(4)22-16(5)25-17)20-12-14(3)24-10-8-23(7-2)9-11-24/h14H,6-13H2,1-5H3,(H2,19,20,21). The predicted octanol–water partition coefficient (Wildman–Crippen LogP) is 1.84. The molecule has 0 amide bonds. The van der Waals surface area contributed by atoms with E-state index in [-0.39, 0.29) is 0 Å². The SMILES string of the molecule is CCNC(=NCc1sc(C)nc1C)NCC(C)N1CCN(CC)CC1. The van der Waals surface area contributed by atoms with Crippen molar-refractivity contribution in [3.8, 4) is 0 Å². The topological polar surface area (TPSA) is 55.8 Å². The van der Waals surface area contributed by atoms with Crippen molar-refractivity contribution in [1.82, 2.24) is 25.4 Å². The number of nitrogens with zero attached hydrogens (tertiary/aromatic N) is 4. The minimum Gasteiger partial charge on any atom is -0.357 e. The van der Waals surface area contributed by atoms with Crippen molar-refractivity contribution in [2.45, 2.75) is 47.2 Å². The largest absolute Gasteiger partial charge is 0.357 e. The first-order chi connectivity index (χ1) is 12.0. The molecule has 0 bridgehead atoms. The summed E-state index contributed by atoms with van der Waals surface area (Å²) in [4.78, 5) is 15.6. The van der Waals surface area contributed by atoms with Crippen LogP contribution in [0.3, 0.4) is 0 Å². The third-order valence-electron chi connectivity index (χ3n) is 4.77. The Morgan fingerprint density at radius 3 is 2.48 bits per heavy atom. The molecule has 1 saturated heterocycles. The maximum Gasteiger partial charge on any atom is 0.191 e. The van der Waals surface area contributed by atoms with Crippen LogP contribution in [0.15, 0.2) is 4.99 Å². The first-order valence-electron chi connectivity index (χ1n) is 9.45. The Balaban J connectivity index is 1.84. The Kier molecular flexibility index (Phi) is 8.12. The Labute approximate surface area is 156 Å². The maximum absolute atomic E-state index is 4.74. The highest BCUT2D eigenvalue weighted by Gasteiger charge is 2.20. The van der Waals surface area contributed by atoms with Crippen LogP contribution in [0.25, 0.3) is 0 Å². The molecule has 7 heteroatoms. The van der Waals surface area contributed by atoms with Gasteiger partial charge in [0, 0.05) is 50.2 Å². The number of guanidine groups is 1. The van der Waals surface area contributed by atoms with Gasteiger partial charge in [0.05, 0.1) is 17.2 Å². The summed E-state index contributed by atoms with van der Waals surface area (Å²) in [5.74, 6) is 0.895. The fourth-order valence-corrected chi connectivity index (χ4v) is 3.97. The second kappa shape index (κ2) is 10.1. The van der Waals surface area contributed by atoms with Gasteiger partial charge < -0.3 is 15.5 Å². The molecule has 1 atom stereocenters. The minimum atomic E-state index is 0.509. The zero-order chi connectivity index (χ0) is 18.2. The number of rotatable bonds is 7. The van der Waals surface area contributed by atoms with Crippen molar-refractivity contribution in [3.05, 3.63) is 15.6 Å². The quantitative estimate of drug-likeness (QED) is 0.570. The van der Waals surface area contributed by atoms with Gasteiger partial charge >= 0.3 is 0 Å². The lowest BCUT2D eigenvalue weighted by Crippen LogP contribution is -2.53. The fraction of sp³-hybridized carbons (Fsp3) is 0.778. The molecule has 0 aliphatic carbocycles. The number of likely N-dealkylation sites (N-methyl/N-ethyl adjacent to an activating group) is 1. The Bertz CT molecular complexity index is 548. The van der Waals surface area contributed by atoms with Gasteiger partial charge in [-0.1, -0.05) is 6.92 Å². The second-order valence-corrected chi connectivity index (χ2v) is 7.92. The number of thiazole rings is 1. The van der Waals surface area contributed by atoms with Crippen LogP contribution in [0.5, 0.6) is 0 Å². The molecule has 6 nitrogen and oxygen atoms in total. The third-order valence-corrected chi connectivity index (χ3v) is 5.82. The number of piperazine rings is 1. The molecule has 25 heavy (non-hydrogen) atoms. The molecule has 1 aromatic rings. The lowest BCUT2D eigenvalue weighted by atomic mass is 10.2. The van der Waals surface area contributed by atoms with Crippen molar-refractivity contribution >= 4 is 17.3 Å². The van der Waals surface area contributed by atoms with E-state index in [1.54, 1.807) is 11.3 Å². The van der Waals surface area contributed by atoms with Crippen LogP contribution in [-0.2, 0) is 6.54 Å². The fourth-order valence-electron chi connectivity index (χ4n) is 3.11. The zero-order valence-corrected chi connectivity index (χ0v) is 17.2. The van der Waals surface area contributed by atoms with Gasteiger partial charge in [-0.3, -0.25) is 4.90 Å². The highest BCUT2D eigenvalue weighted by molar-refractivity contribution is 7.11. The van der Waals surface area contributed by atoms with Crippen molar-refractivity contribution in [3.63, 3.8) is 0 Å². The van der Waals surface area contributed by atoms with Gasteiger partial charge in [-0.15, -0.1) is 11.3 Å². The Hall–Kier alpha value is -1.18. The predicted molar refractivity (Wildman–Crippen MR) is 108 cm³/mol. The summed E-state index contributed by atoms with van der Waals surface area (Å²) >= 11 is 1.74. The van der Waals surface area contributed by atoms with E-state index in [0.29, 0.717) is 12.6 Å². The molecular weight excluding hydrogens is 332 g/mol. The summed E-state index contributed by atoms with van der Waals surface area (Å²) in [6, 6.07) is 0.509. The number of hydrogen-bond acceptors (Lipinski definition) is 5. The molecule has 1 unspecified atom stereocenters. The average Bonchev–Trinajstić information content (AvgIpc) is 2.94. The summed E-state index contributed by atoms with van der Waals surface area (Å²) in [7, 11) is 0. The van der Waals surface area contributed by atoms with Crippen molar-refractivity contribution in [1.29, 1.82) is 0 Å². The van der Waals surface area contributed by atoms with Crippen molar-refractivity contribution in [2.24, 2.45) is 4.99 Å². The maximum atomic E-state index is 4.74. The van der Waals surface area contributed by atoms with Crippen LogP contribution >= 0.6 is 11.3 Å². The molecule has 1 aliphatic heterocycles. The van der Waals surface area contributed by atoms with E-state index in [1.165, 1.54) is 18.0 Å². The van der Waals surface area contributed by atoms with Gasteiger partial charge in [0.2, 0.25) is 0 Å². The summed E-state index contributed by atoms with van der Waals surface area (Å²) in [6.45, 7) is 19.1.